The lowest BCUT2D eigenvalue weighted by atomic mass is 9.81. The number of benzene rings is 2. The predicted molar refractivity (Wildman–Crippen MR) is 157 cm³/mol. The number of hydrogen-bond acceptors (Lipinski definition) is 5. The van der Waals surface area contributed by atoms with Crippen molar-refractivity contribution in [1.82, 2.24) is 10.2 Å². The zero-order valence-electron chi connectivity index (χ0n) is 24.0. The average Bonchev–Trinajstić information content (AvgIpc) is 3.17. The molecule has 2 unspecified atom stereocenters. The predicted octanol–water partition coefficient (Wildman–Crippen LogP) is 7.47. The van der Waals surface area contributed by atoms with Crippen molar-refractivity contribution in [2.75, 3.05) is 6.54 Å². The second-order valence-corrected chi connectivity index (χ2v) is 11.2. The van der Waals surface area contributed by atoms with E-state index in [2.05, 4.69) is 5.32 Å². The summed E-state index contributed by atoms with van der Waals surface area (Å²) in [4.78, 5) is 25.4. The number of hydrogen-bond donors (Lipinski definition) is 2. The zero-order valence-corrected chi connectivity index (χ0v) is 24.8. The molecule has 2 aliphatic heterocycles. The molecule has 0 fully saturated rings. The van der Waals surface area contributed by atoms with Gasteiger partial charge in [-0.05, 0) is 67.8 Å². The van der Waals surface area contributed by atoms with Crippen LogP contribution in [0, 0.1) is 29.1 Å². The molecule has 0 spiro atoms. The van der Waals surface area contributed by atoms with Crippen LogP contribution in [0.3, 0.4) is 0 Å². The van der Waals surface area contributed by atoms with Gasteiger partial charge in [0, 0.05) is 41.4 Å². The van der Waals surface area contributed by atoms with Crippen molar-refractivity contribution in [1.29, 1.82) is 0 Å². The maximum Gasteiger partial charge on any atom is 0.234 e. The van der Waals surface area contributed by atoms with Gasteiger partial charge >= 0.3 is 0 Å². The third-order valence-electron chi connectivity index (χ3n) is 8.22. The van der Waals surface area contributed by atoms with E-state index in [0.717, 1.165) is 23.8 Å². The Morgan fingerprint density at radius 1 is 1.07 bits per heavy atom. The number of carbonyl (C=O) groups excluding carboxylic acids is 2. The molecule has 2 atom stereocenters. The zero-order chi connectivity index (χ0) is 32.0. The van der Waals surface area contributed by atoms with E-state index in [1.807, 2.05) is 24.8 Å². The summed E-state index contributed by atoms with van der Waals surface area (Å²) < 4.78 is 74.9. The monoisotopic (exact) mass is 630 g/mol. The van der Waals surface area contributed by atoms with Crippen molar-refractivity contribution in [3.05, 3.63) is 110 Å². The van der Waals surface area contributed by atoms with Crippen molar-refractivity contribution >= 4 is 34.3 Å². The molecule has 5 nitrogen and oxygen atoms in total. The van der Waals surface area contributed by atoms with Gasteiger partial charge in [-0.3, -0.25) is 9.59 Å². The van der Waals surface area contributed by atoms with Crippen molar-refractivity contribution in [3.8, 4) is 5.75 Å². The summed E-state index contributed by atoms with van der Waals surface area (Å²) >= 11 is 6.76. The third kappa shape index (κ3) is 5.15. The van der Waals surface area contributed by atoms with E-state index in [-0.39, 0.29) is 47.3 Å². The summed E-state index contributed by atoms with van der Waals surface area (Å²) in [6.07, 6.45) is 7.44. The van der Waals surface area contributed by atoms with E-state index in [4.69, 9.17) is 11.6 Å². The first kappa shape index (κ1) is 31.3. The van der Waals surface area contributed by atoms with Gasteiger partial charge in [0.15, 0.2) is 29.1 Å². The van der Waals surface area contributed by atoms with Crippen LogP contribution in [0.25, 0.3) is 11.1 Å². The molecule has 0 radical (unpaired) electrons. The van der Waals surface area contributed by atoms with Crippen molar-refractivity contribution in [2.24, 2.45) is 0 Å². The van der Waals surface area contributed by atoms with E-state index < -0.39 is 57.8 Å². The lowest BCUT2D eigenvalue weighted by Gasteiger charge is -2.38. The fourth-order valence-electron chi connectivity index (χ4n) is 6.07. The highest BCUT2D eigenvalue weighted by Gasteiger charge is 2.36. The molecule has 5 rings (SSSR count). The van der Waals surface area contributed by atoms with Crippen LogP contribution in [0.4, 0.5) is 22.0 Å². The summed E-state index contributed by atoms with van der Waals surface area (Å²) in [5.41, 5.74) is 0.153. The van der Waals surface area contributed by atoms with Crippen LogP contribution in [0.5, 0.6) is 5.75 Å². The SMILES string of the molecule is CCC1=C(c2c(O)cccc2F)C(Cl)=CC2=C(N3CCC(c4c(F)c(F)c(C(=O)C(C)=O)c(F)c4F)=CCC3C)C=CNC21. The van der Waals surface area contributed by atoms with E-state index >= 15 is 8.78 Å². The Balaban J connectivity index is 1.52. The van der Waals surface area contributed by atoms with Crippen LogP contribution in [-0.4, -0.2) is 40.2 Å². The van der Waals surface area contributed by atoms with Gasteiger partial charge in [-0.15, -0.1) is 0 Å². The molecule has 0 aromatic heterocycles. The number of dihydropyridines is 1. The Hall–Kier alpha value is -4.18. The Kier molecular flexibility index (Phi) is 8.57. The van der Waals surface area contributed by atoms with Crippen LogP contribution in [0.15, 0.2) is 64.5 Å². The van der Waals surface area contributed by atoms with Crippen LogP contribution in [0.1, 0.15) is 61.5 Å². The normalized spacial score (nSPS) is 20.2. The second-order valence-electron chi connectivity index (χ2n) is 10.8. The molecule has 2 aromatic rings. The number of halogens is 6. The number of phenolic OH excluding ortho intramolecular Hbond substituents is 1. The smallest absolute Gasteiger partial charge is 0.234 e. The van der Waals surface area contributed by atoms with Crippen molar-refractivity contribution in [2.45, 2.75) is 52.1 Å². The van der Waals surface area contributed by atoms with E-state index in [1.54, 1.807) is 12.3 Å². The van der Waals surface area contributed by atoms with Gasteiger partial charge in [-0.1, -0.05) is 30.7 Å². The van der Waals surface area contributed by atoms with Gasteiger partial charge < -0.3 is 15.3 Å². The number of phenols is 1. The van der Waals surface area contributed by atoms with E-state index in [1.165, 1.54) is 24.3 Å². The van der Waals surface area contributed by atoms with Crippen LogP contribution in [-0.2, 0) is 4.79 Å². The number of ketones is 2. The number of fused-ring (bicyclic) bond motifs is 1. The summed E-state index contributed by atoms with van der Waals surface area (Å²) in [5, 5.41) is 14.0. The van der Waals surface area contributed by atoms with Gasteiger partial charge in [-0.25, -0.2) is 22.0 Å². The van der Waals surface area contributed by atoms with Gasteiger partial charge in [0.25, 0.3) is 0 Å². The first-order valence-electron chi connectivity index (χ1n) is 14.0. The molecule has 2 heterocycles. The minimum absolute atomic E-state index is 0.000857. The summed E-state index contributed by atoms with van der Waals surface area (Å²) in [6, 6.07) is 3.36. The molecule has 11 heteroatoms. The highest BCUT2D eigenvalue weighted by atomic mass is 35.5. The molecule has 0 saturated heterocycles. The molecular formula is C33H28ClF5N2O3. The molecule has 2 N–H and O–H groups in total. The first-order chi connectivity index (χ1) is 20.9. The second kappa shape index (κ2) is 12.1. The molecule has 230 valence electrons. The van der Waals surface area contributed by atoms with Crippen LogP contribution < -0.4 is 5.32 Å². The minimum Gasteiger partial charge on any atom is -0.507 e. The summed E-state index contributed by atoms with van der Waals surface area (Å²) in [6.45, 7) is 4.72. The first-order valence-corrected chi connectivity index (χ1v) is 14.4. The molecule has 0 amide bonds. The van der Waals surface area contributed by atoms with Gasteiger partial charge in [0.05, 0.1) is 17.2 Å². The maximum atomic E-state index is 15.2. The van der Waals surface area contributed by atoms with Crippen LogP contribution >= 0.6 is 11.6 Å². The number of carbonyl (C=O) groups is 2. The minimum atomic E-state index is -1.92. The Morgan fingerprint density at radius 3 is 2.36 bits per heavy atom. The summed E-state index contributed by atoms with van der Waals surface area (Å²) in [5.74, 6) is -11.1. The lowest BCUT2D eigenvalue weighted by Crippen LogP contribution is -2.40. The molecular weight excluding hydrogens is 603 g/mol. The fraction of sp³-hybridized carbons (Fsp3) is 0.273. The maximum absolute atomic E-state index is 15.2. The molecule has 2 aromatic carbocycles. The van der Waals surface area contributed by atoms with Crippen molar-refractivity contribution < 1.29 is 36.6 Å². The summed E-state index contributed by atoms with van der Waals surface area (Å²) in [7, 11) is 0. The van der Waals surface area contributed by atoms with Gasteiger partial charge in [0.1, 0.15) is 17.1 Å². The Bertz CT molecular complexity index is 1710. The molecule has 0 saturated carbocycles. The van der Waals surface area contributed by atoms with Crippen LogP contribution in [0.2, 0.25) is 0 Å². The standard InChI is InChI=1S/C33H28ClF5N2O3/c1-4-18-25(26-21(35)6-5-7-23(26)43)20(34)14-19-22(10-12-40-32(18)19)41-13-11-17(9-8-15(41)2)24-28(36)30(38)27(31(39)29(24)37)33(44)16(3)42/h5-7,9-10,12,14-15,32,40,43H,4,8,11,13H2,1-3H3. The highest BCUT2D eigenvalue weighted by molar-refractivity contribution is 6.43. The lowest BCUT2D eigenvalue weighted by molar-refractivity contribution is -0.113. The van der Waals surface area contributed by atoms with Gasteiger partial charge in [0.2, 0.25) is 5.78 Å². The van der Waals surface area contributed by atoms with Gasteiger partial charge in [-0.2, -0.15) is 0 Å². The fourth-order valence-corrected chi connectivity index (χ4v) is 6.40. The molecule has 3 aliphatic rings. The molecule has 1 aliphatic carbocycles. The average molecular weight is 631 g/mol. The number of allylic oxidation sites excluding steroid dienone is 3. The number of rotatable bonds is 6. The topological polar surface area (TPSA) is 69.6 Å². The highest BCUT2D eigenvalue weighted by Crippen LogP contribution is 2.45. The van der Waals surface area contributed by atoms with E-state index in [0.29, 0.717) is 12.0 Å². The van der Waals surface area contributed by atoms with E-state index in [9.17, 15) is 27.9 Å². The Labute approximate surface area is 255 Å². The number of Topliss-reactive ketones (excluding diaryl/α,β-unsaturated/α-hetero) is 2. The molecule has 44 heavy (non-hydrogen) atoms. The number of aromatic hydroxyl groups is 1. The third-order valence-corrected chi connectivity index (χ3v) is 8.52. The largest absolute Gasteiger partial charge is 0.507 e. The quantitative estimate of drug-likeness (QED) is 0.150. The molecule has 0 bridgehead atoms. The Morgan fingerprint density at radius 2 is 1.75 bits per heavy atom. The number of nitrogens with zero attached hydrogens (tertiary/aromatic N) is 1. The number of nitrogens with one attached hydrogen (secondary N) is 1. The van der Waals surface area contributed by atoms with Crippen molar-refractivity contribution in [3.63, 3.8) is 0 Å².